The van der Waals surface area contributed by atoms with Gasteiger partial charge in [-0.3, -0.25) is 4.79 Å². The molecule has 0 aliphatic rings. The molecule has 0 saturated heterocycles. The van der Waals surface area contributed by atoms with Crippen LogP contribution < -0.4 is 10.7 Å². The number of aryl methyl sites for hydroxylation is 2. The van der Waals surface area contributed by atoms with Crippen molar-refractivity contribution in [1.82, 2.24) is 0 Å². The number of anilines is 1. The predicted octanol–water partition coefficient (Wildman–Crippen LogP) is 6.09. The van der Waals surface area contributed by atoms with E-state index in [9.17, 15) is 19.1 Å². The average Bonchev–Trinajstić information content (AvgIpc) is 2.73. The normalized spacial score (nSPS) is 12.0. The average molecular weight is 431 g/mol. The van der Waals surface area contributed by atoms with Crippen LogP contribution in [0.5, 0.6) is 0 Å². The Labute approximate surface area is 184 Å². The SMILES string of the molecule is Cc1cc(F)cc(-c2cc(=O)c3cc(C)cc(C(C)Nc4ccccc4C(=O)O)c3o2)c1. The fraction of sp³-hybridized carbons (Fsp3) is 0.154. The Morgan fingerprint density at radius 2 is 1.75 bits per heavy atom. The molecule has 5 nitrogen and oxygen atoms in total. The van der Waals surface area contributed by atoms with Crippen molar-refractivity contribution >= 4 is 22.6 Å². The summed E-state index contributed by atoms with van der Waals surface area (Å²) in [6, 6.07) is 15.8. The molecular weight excluding hydrogens is 409 g/mol. The largest absolute Gasteiger partial charge is 0.478 e. The monoisotopic (exact) mass is 431 g/mol. The number of hydrogen-bond acceptors (Lipinski definition) is 4. The van der Waals surface area contributed by atoms with Gasteiger partial charge in [0.25, 0.3) is 0 Å². The maximum Gasteiger partial charge on any atom is 0.337 e. The number of aromatic carboxylic acids is 1. The van der Waals surface area contributed by atoms with Crippen molar-refractivity contribution in [3.05, 3.63) is 99.0 Å². The van der Waals surface area contributed by atoms with Crippen LogP contribution >= 0.6 is 0 Å². The molecule has 0 amide bonds. The van der Waals surface area contributed by atoms with Crippen LogP contribution in [0.3, 0.4) is 0 Å². The predicted molar refractivity (Wildman–Crippen MR) is 123 cm³/mol. The van der Waals surface area contributed by atoms with Gasteiger partial charge < -0.3 is 14.8 Å². The third kappa shape index (κ3) is 4.12. The second-order valence-corrected chi connectivity index (χ2v) is 7.94. The number of rotatable bonds is 5. The summed E-state index contributed by atoms with van der Waals surface area (Å²) < 4.78 is 20.1. The molecule has 0 fully saturated rings. The van der Waals surface area contributed by atoms with E-state index in [4.69, 9.17) is 4.42 Å². The summed E-state index contributed by atoms with van der Waals surface area (Å²) in [7, 11) is 0. The highest BCUT2D eigenvalue weighted by molar-refractivity contribution is 5.94. The van der Waals surface area contributed by atoms with Crippen molar-refractivity contribution < 1.29 is 18.7 Å². The molecular formula is C26H22FNO4. The molecule has 4 rings (SSSR count). The van der Waals surface area contributed by atoms with Crippen LogP contribution in [0.15, 0.2) is 69.9 Å². The molecule has 162 valence electrons. The fourth-order valence-electron chi connectivity index (χ4n) is 3.88. The molecule has 0 spiro atoms. The summed E-state index contributed by atoms with van der Waals surface area (Å²) in [5.41, 5.74) is 3.52. The van der Waals surface area contributed by atoms with Gasteiger partial charge in [-0.25, -0.2) is 9.18 Å². The van der Waals surface area contributed by atoms with Gasteiger partial charge in [0.15, 0.2) is 5.43 Å². The zero-order valence-corrected chi connectivity index (χ0v) is 17.9. The zero-order chi connectivity index (χ0) is 23.0. The van der Waals surface area contributed by atoms with Crippen LogP contribution in [0.4, 0.5) is 10.1 Å². The van der Waals surface area contributed by atoms with Crippen LogP contribution in [0.2, 0.25) is 0 Å². The van der Waals surface area contributed by atoms with Gasteiger partial charge >= 0.3 is 5.97 Å². The van der Waals surface area contributed by atoms with Crippen molar-refractivity contribution in [2.75, 3.05) is 5.32 Å². The molecule has 0 bridgehead atoms. The van der Waals surface area contributed by atoms with Gasteiger partial charge in [0.05, 0.1) is 17.0 Å². The van der Waals surface area contributed by atoms with Gasteiger partial charge in [0.1, 0.15) is 17.2 Å². The molecule has 1 atom stereocenters. The Kier molecular flexibility index (Phi) is 5.53. The first-order valence-corrected chi connectivity index (χ1v) is 10.2. The van der Waals surface area contributed by atoms with Crippen molar-refractivity contribution in [2.45, 2.75) is 26.8 Å². The van der Waals surface area contributed by atoms with E-state index >= 15 is 0 Å². The zero-order valence-electron chi connectivity index (χ0n) is 17.9. The van der Waals surface area contributed by atoms with Gasteiger partial charge in [-0.15, -0.1) is 0 Å². The lowest BCUT2D eigenvalue weighted by Crippen LogP contribution is -2.12. The third-order valence-corrected chi connectivity index (χ3v) is 5.32. The fourth-order valence-corrected chi connectivity index (χ4v) is 3.88. The number of fused-ring (bicyclic) bond motifs is 1. The van der Waals surface area contributed by atoms with E-state index < -0.39 is 11.8 Å². The molecule has 32 heavy (non-hydrogen) atoms. The van der Waals surface area contributed by atoms with E-state index in [0.717, 1.165) is 5.56 Å². The van der Waals surface area contributed by atoms with Crippen LogP contribution in [-0.4, -0.2) is 11.1 Å². The minimum atomic E-state index is -1.04. The Morgan fingerprint density at radius 3 is 2.47 bits per heavy atom. The van der Waals surface area contributed by atoms with Crippen molar-refractivity contribution in [2.24, 2.45) is 0 Å². The standard InChI is InChI=1S/C26H22FNO4/c1-14-8-17(12-18(27)9-14)24-13-23(29)21-11-15(2)10-20(25(21)32-24)16(3)28-22-7-5-4-6-19(22)26(30)31/h4-13,16,28H,1-3H3,(H,30,31). The molecule has 0 aliphatic carbocycles. The number of para-hydroxylation sites is 1. The van der Waals surface area contributed by atoms with Gasteiger partial charge in [0, 0.05) is 22.9 Å². The number of carboxylic acids is 1. The molecule has 0 aliphatic heterocycles. The lowest BCUT2D eigenvalue weighted by Gasteiger charge is -2.19. The van der Waals surface area contributed by atoms with Crippen molar-refractivity contribution in [1.29, 1.82) is 0 Å². The van der Waals surface area contributed by atoms with E-state index in [1.54, 1.807) is 37.3 Å². The highest BCUT2D eigenvalue weighted by Gasteiger charge is 2.18. The van der Waals surface area contributed by atoms with Crippen molar-refractivity contribution in [3.63, 3.8) is 0 Å². The van der Waals surface area contributed by atoms with Crippen LogP contribution in [0.1, 0.15) is 40.0 Å². The number of nitrogens with one attached hydrogen (secondary N) is 1. The Morgan fingerprint density at radius 1 is 1.03 bits per heavy atom. The van der Waals surface area contributed by atoms with Crippen LogP contribution in [0.25, 0.3) is 22.3 Å². The number of carboxylic acid groups (broad SMARTS) is 1. The summed E-state index contributed by atoms with van der Waals surface area (Å²) in [5, 5.41) is 13.1. The van der Waals surface area contributed by atoms with E-state index in [1.807, 2.05) is 19.9 Å². The van der Waals surface area contributed by atoms with Gasteiger partial charge in [-0.05, 0) is 68.3 Å². The van der Waals surface area contributed by atoms with Gasteiger partial charge in [0.2, 0.25) is 0 Å². The number of hydrogen-bond donors (Lipinski definition) is 2. The molecule has 2 N–H and O–H groups in total. The van der Waals surface area contributed by atoms with E-state index in [1.165, 1.54) is 24.3 Å². The molecule has 4 aromatic rings. The quantitative estimate of drug-likeness (QED) is 0.400. The number of benzene rings is 3. The first kappa shape index (κ1) is 21.3. The molecule has 6 heteroatoms. The molecule has 0 radical (unpaired) electrons. The maximum absolute atomic E-state index is 14.0. The topological polar surface area (TPSA) is 79.5 Å². The molecule has 1 aromatic heterocycles. The molecule has 1 unspecified atom stereocenters. The second-order valence-electron chi connectivity index (χ2n) is 7.94. The van der Waals surface area contributed by atoms with E-state index in [0.29, 0.717) is 33.3 Å². The Bertz CT molecular complexity index is 1390. The van der Waals surface area contributed by atoms with E-state index in [-0.39, 0.29) is 22.8 Å². The number of carbonyl (C=O) groups is 1. The lowest BCUT2D eigenvalue weighted by molar-refractivity contribution is 0.0698. The summed E-state index contributed by atoms with van der Waals surface area (Å²) >= 11 is 0. The minimum absolute atomic E-state index is 0.147. The summed E-state index contributed by atoms with van der Waals surface area (Å²) in [5.74, 6) is -1.18. The Hall–Kier alpha value is -3.93. The van der Waals surface area contributed by atoms with Crippen LogP contribution in [0, 0.1) is 19.7 Å². The highest BCUT2D eigenvalue weighted by atomic mass is 19.1. The Balaban J connectivity index is 1.86. The first-order valence-electron chi connectivity index (χ1n) is 10.2. The number of halogens is 1. The second kappa shape index (κ2) is 8.30. The first-order chi connectivity index (χ1) is 15.2. The molecule has 0 saturated carbocycles. The highest BCUT2D eigenvalue weighted by Crippen LogP contribution is 2.31. The molecule has 3 aromatic carbocycles. The smallest absolute Gasteiger partial charge is 0.337 e. The van der Waals surface area contributed by atoms with E-state index in [2.05, 4.69) is 5.32 Å². The van der Waals surface area contributed by atoms with Gasteiger partial charge in [-0.2, -0.15) is 0 Å². The molecule has 1 heterocycles. The summed E-state index contributed by atoms with van der Waals surface area (Å²) in [4.78, 5) is 24.5. The van der Waals surface area contributed by atoms with Gasteiger partial charge in [-0.1, -0.05) is 18.2 Å². The van der Waals surface area contributed by atoms with Crippen molar-refractivity contribution in [3.8, 4) is 11.3 Å². The lowest BCUT2D eigenvalue weighted by atomic mass is 10.00. The summed E-state index contributed by atoms with van der Waals surface area (Å²) in [6.07, 6.45) is 0. The third-order valence-electron chi connectivity index (χ3n) is 5.32. The maximum atomic E-state index is 14.0. The van der Waals surface area contributed by atoms with Crippen LogP contribution in [-0.2, 0) is 0 Å². The minimum Gasteiger partial charge on any atom is -0.478 e. The summed E-state index contributed by atoms with van der Waals surface area (Å²) in [6.45, 7) is 5.52.